The highest BCUT2D eigenvalue weighted by Gasteiger charge is 2.23. The summed E-state index contributed by atoms with van der Waals surface area (Å²) in [5.41, 5.74) is 9.03. The zero-order valence-corrected chi connectivity index (χ0v) is 19.0. The molecule has 1 fully saturated rings. The normalized spacial score (nSPS) is 18.4. The molecule has 0 radical (unpaired) electrons. The molecular weight excluding hydrogens is 410 g/mol. The number of likely N-dealkylation sites (tertiary alicyclic amines) is 1. The van der Waals surface area contributed by atoms with Gasteiger partial charge in [0.1, 0.15) is 0 Å². The summed E-state index contributed by atoms with van der Waals surface area (Å²) in [6.45, 7) is 5.33. The van der Waals surface area contributed by atoms with Crippen LogP contribution >= 0.6 is 11.6 Å². The van der Waals surface area contributed by atoms with Gasteiger partial charge in [0.2, 0.25) is 5.91 Å². The molecule has 4 N–H and O–H groups in total. The molecule has 0 aromatic heterocycles. The molecule has 6 nitrogen and oxygen atoms in total. The number of carbonyl (C=O) groups is 1. The highest BCUT2D eigenvalue weighted by atomic mass is 35.5. The lowest BCUT2D eigenvalue weighted by atomic mass is 9.97. The number of benzene rings is 2. The maximum Gasteiger partial charge on any atom is 0.221 e. The lowest BCUT2D eigenvalue weighted by Crippen LogP contribution is -2.40. The number of rotatable bonds is 7. The monoisotopic (exact) mass is 441 g/mol. The number of primary amides is 1. The molecule has 0 aliphatic carbocycles. The van der Waals surface area contributed by atoms with Crippen LogP contribution in [0.5, 0.6) is 0 Å². The van der Waals surface area contributed by atoms with Crippen LogP contribution in [0.25, 0.3) is 0 Å². The van der Waals surface area contributed by atoms with Gasteiger partial charge in [-0.15, -0.1) is 0 Å². The van der Waals surface area contributed by atoms with Crippen molar-refractivity contribution in [3.63, 3.8) is 0 Å². The first-order valence-corrected chi connectivity index (χ1v) is 11.1. The standard InChI is InChI=1S/C24H32ClN5O/c1-17(20-8-4-10-22(25)13-20)29-24(27-2)28-14-18-6-3-7-19(12-18)15-30-11-5-9-21(16-30)23(26)31/h3-4,6-8,10,12-13,17,21H,5,9,11,14-16H2,1-2H3,(H2,26,31)(H2,27,28,29). The van der Waals surface area contributed by atoms with Crippen LogP contribution in [0, 0.1) is 5.92 Å². The van der Waals surface area contributed by atoms with Gasteiger partial charge in [0.25, 0.3) is 0 Å². The Bertz CT molecular complexity index is 916. The Morgan fingerprint density at radius 2 is 2.03 bits per heavy atom. The molecule has 1 saturated heterocycles. The number of guanidine groups is 1. The van der Waals surface area contributed by atoms with Gasteiger partial charge in [-0.1, -0.05) is 48.0 Å². The number of hydrogen-bond donors (Lipinski definition) is 3. The topological polar surface area (TPSA) is 82.8 Å². The van der Waals surface area contributed by atoms with E-state index in [0.717, 1.165) is 49.0 Å². The van der Waals surface area contributed by atoms with Gasteiger partial charge in [-0.25, -0.2) is 0 Å². The molecule has 2 aromatic rings. The van der Waals surface area contributed by atoms with Crippen molar-refractivity contribution in [2.75, 3.05) is 20.1 Å². The van der Waals surface area contributed by atoms with Crippen molar-refractivity contribution in [3.05, 3.63) is 70.2 Å². The van der Waals surface area contributed by atoms with Crippen LogP contribution in [0.1, 0.15) is 42.5 Å². The highest BCUT2D eigenvalue weighted by Crippen LogP contribution is 2.19. The number of halogens is 1. The molecule has 1 amide bonds. The SMILES string of the molecule is CN=C(NCc1cccc(CN2CCCC(C(N)=O)C2)c1)NC(C)c1cccc(Cl)c1. The maximum atomic E-state index is 11.5. The molecule has 0 bridgehead atoms. The Morgan fingerprint density at radius 1 is 1.26 bits per heavy atom. The van der Waals surface area contributed by atoms with Crippen LogP contribution in [-0.4, -0.2) is 36.9 Å². The van der Waals surface area contributed by atoms with Gasteiger partial charge in [0.15, 0.2) is 5.96 Å². The minimum absolute atomic E-state index is 0.0329. The summed E-state index contributed by atoms with van der Waals surface area (Å²) in [6, 6.07) is 16.4. The predicted molar refractivity (Wildman–Crippen MR) is 127 cm³/mol. The predicted octanol–water partition coefficient (Wildman–Crippen LogP) is 3.46. The summed E-state index contributed by atoms with van der Waals surface area (Å²) < 4.78 is 0. The van der Waals surface area contributed by atoms with Crippen molar-refractivity contribution >= 4 is 23.5 Å². The summed E-state index contributed by atoms with van der Waals surface area (Å²) in [5.74, 6) is 0.515. The number of carbonyl (C=O) groups excluding carboxylic acids is 1. The zero-order chi connectivity index (χ0) is 22.2. The quantitative estimate of drug-likeness (QED) is 0.454. The van der Waals surface area contributed by atoms with Gasteiger partial charge in [-0.05, 0) is 55.1 Å². The number of hydrogen-bond acceptors (Lipinski definition) is 3. The van der Waals surface area contributed by atoms with Gasteiger partial charge < -0.3 is 16.4 Å². The van der Waals surface area contributed by atoms with Gasteiger partial charge >= 0.3 is 0 Å². The second-order valence-corrected chi connectivity index (χ2v) is 8.58. The fourth-order valence-corrected chi connectivity index (χ4v) is 4.17. The number of nitrogens with zero attached hydrogens (tertiary/aromatic N) is 2. The van der Waals surface area contributed by atoms with E-state index in [-0.39, 0.29) is 17.9 Å². The van der Waals surface area contributed by atoms with E-state index in [0.29, 0.717) is 6.54 Å². The molecule has 1 heterocycles. The molecule has 3 rings (SSSR count). The summed E-state index contributed by atoms with van der Waals surface area (Å²) in [6.07, 6.45) is 1.91. The average molecular weight is 442 g/mol. The molecular formula is C24H32ClN5O. The van der Waals surface area contributed by atoms with Gasteiger partial charge in [0.05, 0.1) is 12.0 Å². The molecule has 31 heavy (non-hydrogen) atoms. The minimum atomic E-state index is -0.187. The molecule has 2 atom stereocenters. The first-order chi connectivity index (χ1) is 14.9. The van der Waals surface area contributed by atoms with E-state index < -0.39 is 0 Å². The number of amides is 1. The molecule has 166 valence electrons. The Labute approximate surface area is 189 Å². The van der Waals surface area contributed by atoms with Crippen LogP contribution in [0.3, 0.4) is 0 Å². The Hall–Kier alpha value is -2.57. The lowest BCUT2D eigenvalue weighted by Gasteiger charge is -2.31. The van der Waals surface area contributed by atoms with E-state index in [1.807, 2.05) is 24.3 Å². The van der Waals surface area contributed by atoms with E-state index in [1.54, 1.807) is 7.05 Å². The van der Waals surface area contributed by atoms with Gasteiger partial charge in [-0.2, -0.15) is 0 Å². The fraction of sp³-hybridized carbons (Fsp3) is 0.417. The molecule has 1 aliphatic rings. The van der Waals surface area contributed by atoms with Crippen LogP contribution in [-0.2, 0) is 17.9 Å². The third-order valence-electron chi connectivity index (χ3n) is 5.69. The van der Waals surface area contributed by atoms with E-state index in [1.165, 1.54) is 11.1 Å². The number of nitrogens with two attached hydrogens (primary N) is 1. The lowest BCUT2D eigenvalue weighted by molar-refractivity contribution is -0.123. The first kappa shape index (κ1) is 23.1. The fourth-order valence-electron chi connectivity index (χ4n) is 3.97. The van der Waals surface area contributed by atoms with Crippen molar-refractivity contribution < 1.29 is 4.79 Å². The van der Waals surface area contributed by atoms with Crippen LogP contribution < -0.4 is 16.4 Å². The number of nitrogens with one attached hydrogen (secondary N) is 2. The van der Waals surface area contributed by atoms with Crippen LogP contribution in [0.4, 0.5) is 0 Å². The first-order valence-electron chi connectivity index (χ1n) is 10.8. The Kier molecular flexibility index (Phi) is 8.32. The van der Waals surface area contributed by atoms with Gasteiger partial charge in [-0.3, -0.25) is 14.7 Å². The smallest absolute Gasteiger partial charge is 0.221 e. The third-order valence-corrected chi connectivity index (χ3v) is 5.93. The van der Waals surface area contributed by atoms with E-state index in [9.17, 15) is 4.79 Å². The minimum Gasteiger partial charge on any atom is -0.369 e. The molecule has 2 unspecified atom stereocenters. The third kappa shape index (κ3) is 6.97. The summed E-state index contributed by atoms with van der Waals surface area (Å²) >= 11 is 6.11. The summed E-state index contributed by atoms with van der Waals surface area (Å²) in [5, 5.41) is 7.51. The highest BCUT2D eigenvalue weighted by molar-refractivity contribution is 6.30. The second-order valence-electron chi connectivity index (χ2n) is 8.14. The number of piperidine rings is 1. The summed E-state index contributed by atoms with van der Waals surface area (Å²) in [4.78, 5) is 18.2. The van der Waals surface area contributed by atoms with Crippen LogP contribution in [0.15, 0.2) is 53.5 Å². The van der Waals surface area contributed by atoms with Gasteiger partial charge in [0, 0.05) is 31.7 Å². The van der Waals surface area contributed by atoms with Crippen LogP contribution in [0.2, 0.25) is 5.02 Å². The van der Waals surface area contributed by atoms with E-state index in [2.05, 4.69) is 51.7 Å². The largest absolute Gasteiger partial charge is 0.369 e. The van der Waals surface area contributed by atoms with E-state index >= 15 is 0 Å². The van der Waals surface area contributed by atoms with Crippen molar-refractivity contribution in [3.8, 4) is 0 Å². The summed E-state index contributed by atoms with van der Waals surface area (Å²) in [7, 11) is 1.77. The van der Waals surface area contributed by atoms with Crippen molar-refractivity contribution in [1.29, 1.82) is 0 Å². The molecule has 0 saturated carbocycles. The molecule has 7 heteroatoms. The zero-order valence-electron chi connectivity index (χ0n) is 18.3. The second kappa shape index (κ2) is 11.2. The average Bonchev–Trinajstić information content (AvgIpc) is 2.77. The molecule has 1 aliphatic heterocycles. The maximum absolute atomic E-state index is 11.5. The van der Waals surface area contributed by atoms with Crippen molar-refractivity contribution in [2.45, 2.75) is 38.9 Å². The molecule has 0 spiro atoms. The van der Waals surface area contributed by atoms with E-state index in [4.69, 9.17) is 17.3 Å². The van der Waals surface area contributed by atoms with Crippen molar-refractivity contribution in [1.82, 2.24) is 15.5 Å². The Balaban J connectivity index is 1.54. The Morgan fingerprint density at radius 3 is 2.77 bits per heavy atom. The van der Waals surface area contributed by atoms with Crippen molar-refractivity contribution in [2.24, 2.45) is 16.6 Å². The molecule has 2 aromatic carbocycles. The number of aliphatic imine (C=N–C) groups is 1.